The Morgan fingerprint density at radius 1 is 1.21 bits per heavy atom. The number of benzene rings is 2. The van der Waals surface area contributed by atoms with Gasteiger partial charge in [-0.1, -0.05) is 29.8 Å². The second kappa shape index (κ2) is 9.39. The molecular formula is C21H23ClN4O2. The minimum absolute atomic E-state index is 0.181. The fourth-order valence-corrected chi connectivity index (χ4v) is 2.72. The van der Waals surface area contributed by atoms with Gasteiger partial charge in [0.15, 0.2) is 0 Å². The quantitative estimate of drug-likeness (QED) is 0.631. The molecule has 0 spiro atoms. The molecule has 1 heterocycles. The predicted octanol–water partition coefficient (Wildman–Crippen LogP) is 3.40. The number of carbonyl (C=O) groups excluding carboxylic acids is 1. The Balaban J connectivity index is 1.53. The zero-order valence-corrected chi connectivity index (χ0v) is 16.7. The summed E-state index contributed by atoms with van der Waals surface area (Å²) in [5.41, 5.74) is 2.29. The van der Waals surface area contributed by atoms with Crippen molar-refractivity contribution in [2.75, 3.05) is 27.2 Å². The first-order valence-electron chi connectivity index (χ1n) is 8.96. The summed E-state index contributed by atoms with van der Waals surface area (Å²) in [6, 6.07) is 15.0. The van der Waals surface area contributed by atoms with Crippen LogP contribution in [0.25, 0.3) is 5.69 Å². The van der Waals surface area contributed by atoms with E-state index in [-0.39, 0.29) is 5.91 Å². The first-order valence-corrected chi connectivity index (χ1v) is 9.34. The van der Waals surface area contributed by atoms with Crippen LogP contribution in [-0.2, 0) is 6.54 Å². The Morgan fingerprint density at radius 3 is 2.71 bits per heavy atom. The topological polar surface area (TPSA) is 59.4 Å². The lowest BCUT2D eigenvalue weighted by Gasteiger charge is -2.11. The van der Waals surface area contributed by atoms with Crippen molar-refractivity contribution in [3.8, 4) is 11.4 Å². The molecule has 0 atom stereocenters. The molecule has 6 nitrogen and oxygen atoms in total. The van der Waals surface area contributed by atoms with Crippen LogP contribution in [0.5, 0.6) is 5.75 Å². The molecule has 0 aliphatic carbocycles. The number of halogens is 1. The summed E-state index contributed by atoms with van der Waals surface area (Å²) in [6.45, 7) is 1.93. The molecule has 0 saturated heterocycles. The van der Waals surface area contributed by atoms with Gasteiger partial charge in [0, 0.05) is 24.3 Å². The molecule has 1 amide bonds. The van der Waals surface area contributed by atoms with Crippen LogP contribution < -0.4 is 10.1 Å². The maximum Gasteiger partial charge on any atom is 0.254 e. The number of likely N-dealkylation sites (N-methyl/N-ethyl adjacent to an activating group) is 1. The lowest BCUT2D eigenvalue weighted by Crippen LogP contribution is -2.22. The molecule has 0 saturated carbocycles. The first kappa shape index (κ1) is 19.9. The van der Waals surface area contributed by atoms with Gasteiger partial charge in [-0.2, -0.15) is 5.10 Å². The summed E-state index contributed by atoms with van der Waals surface area (Å²) < 4.78 is 7.30. The van der Waals surface area contributed by atoms with Gasteiger partial charge in [0.05, 0.1) is 17.4 Å². The molecule has 1 aromatic heterocycles. The minimum Gasteiger partial charge on any atom is -0.492 e. The van der Waals surface area contributed by atoms with E-state index in [1.165, 1.54) is 6.20 Å². The lowest BCUT2D eigenvalue weighted by atomic mass is 10.2. The van der Waals surface area contributed by atoms with Crippen LogP contribution in [0.4, 0.5) is 0 Å². The molecule has 0 unspecified atom stereocenters. The van der Waals surface area contributed by atoms with Crippen molar-refractivity contribution in [3.63, 3.8) is 0 Å². The van der Waals surface area contributed by atoms with Crippen molar-refractivity contribution in [2.45, 2.75) is 6.54 Å². The average molecular weight is 399 g/mol. The summed E-state index contributed by atoms with van der Waals surface area (Å²) in [5.74, 6) is 0.638. The number of ether oxygens (including phenoxy) is 1. The molecule has 146 valence electrons. The zero-order valence-electron chi connectivity index (χ0n) is 15.9. The standard InChI is InChI=1S/C21H23ClN4O2/c1-25(2)10-11-28-20-8-6-16(7-9-20)13-23-21(27)17-14-24-26(15-17)19-5-3-4-18(22)12-19/h3-9,12,14-15H,10-11,13H2,1-2H3,(H,23,27). The van der Waals surface area contributed by atoms with Crippen molar-refractivity contribution in [3.05, 3.63) is 77.1 Å². The van der Waals surface area contributed by atoms with Crippen molar-refractivity contribution >= 4 is 17.5 Å². The van der Waals surface area contributed by atoms with Gasteiger partial charge >= 0.3 is 0 Å². The van der Waals surface area contributed by atoms with E-state index < -0.39 is 0 Å². The molecule has 3 aromatic rings. The van der Waals surface area contributed by atoms with Gasteiger partial charge in [-0.3, -0.25) is 4.79 Å². The molecular weight excluding hydrogens is 376 g/mol. The van der Waals surface area contributed by atoms with Crippen molar-refractivity contribution in [1.82, 2.24) is 20.0 Å². The first-order chi connectivity index (χ1) is 13.5. The fraction of sp³-hybridized carbons (Fsp3) is 0.238. The lowest BCUT2D eigenvalue weighted by molar-refractivity contribution is 0.0951. The van der Waals surface area contributed by atoms with Crippen molar-refractivity contribution in [2.24, 2.45) is 0 Å². The molecule has 1 N–H and O–H groups in total. The summed E-state index contributed by atoms with van der Waals surface area (Å²) in [5, 5.41) is 7.76. The van der Waals surface area contributed by atoms with Crippen LogP contribution in [0.15, 0.2) is 60.9 Å². The van der Waals surface area contributed by atoms with E-state index in [0.717, 1.165) is 23.5 Å². The summed E-state index contributed by atoms with van der Waals surface area (Å²) in [4.78, 5) is 14.4. The maximum atomic E-state index is 12.4. The van der Waals surface area contributed by atoms with E-state index >= 15 is 0 Å². The number of nitrogens with zero attached hydrogens (tertiary/aromatic N) is 3. The van der Waals surface area contributed by atoms with E-state index in [2.05, 4.69) is 15.3 Å². The minimum atomic E-state index is -0.181. The molecule has 2 aromatic carbocycles. The molecule has 0 fully saturated rings. The smallest absolute Gasteiger partial charge is 0.254 e. The third kappa shape index (κ3) is 5.58. The number of nitrogens with one attached hydrogen (secondary N) is 1. The van der Waals surface area contributed by atoms with Crippen molar-refractivity contribution < 1.29 is 9.53 Å². The van der Waals surface area contributed by atoms with Crippen LogP contribution in [0, 0.1) is 0 Å². The van der Waals surface area contributed by atoms with Gasteiger partial charge < -0.3 is 15.0 Å². The third-order valence-electron chi connectivity index (χ3n) is 4.10. The van der Waals surface area contributed by atoms with Crippen LogP contribution in [0.2, 0.25) is 5.02 Å². The average Bonchev–Trinajstić information content (AvgIpc) is 3.17. The van der Waals surface area contributed by atoms with Crippen LogP contribution in [0.1, 0.15) is 15.9 Å². The number of aromatic nitrogens is 2. The van der Waals surface area contributed by atoms with Gasteiger partial charge in [-0.05, 0) is 50.0 Å². The summed E-state index contributed by atoms with van der Waals surface area (Å²) >= 11 is 6.00. The SMILES string of the molecule is CN(C)CCOc1ccc(CNC(=O)c2cnn(-c3cccc(Cl)c3)c2)cc1. The van der Waals surface area contributed by atoms with Gasteiger partial charge in [0.2, 0.25) is 0 Å². The number of hydrogen-bond acceptors (Lipinski definition) is 4. The third-order valence-corrected chi connectivity index (χ3v) is 4.34. The van der Waals surface area contributed by atoms with Crippen molar-refractivity contribution in [1.29, 1.82) is 0 Å². The Hall–Kier alpha value is -2.83. The second-order valence-corrected chi connectivity index (χ2v) is 7.07. The molecule has 0 bridgehead atoms. The Morgan fingerprint density at radius 2 is 2.00 bits per heavy atom. The fourth-order valence-electron chi connectivity index (χ4n) is 2.53. The molecule has 0 aliphatic rings. The van der Waals surface area contributed by atoms with Crippen LogP contribution >= 0.6 is 11.6 Å². The Bertz CT molecular complexity index is 922. The van der Waals surface area contributed by atoms with Crippen LogP contribution in [0.3, 0.4) is 0 Å². The van der Waals surface area contributed by atoms with E-state index in [1.54, 1.807) is 23.0 Å². The molecule has 3 rings (SSSR count). The highest BCUT2D eigenvalue weighted by Gasteiger charge is 2.09. The van der Waals surface area contributed by atoms with E-state index in [0.29, 0.717) is 23.7 Å². The van der Waals surface area contributed by atoms with Gasteiger partial charge in [0.1, 0.15) is 12.4 Å². The predicted molar refractivity (Wildman–Crippen MR) is 110 cm³/mol. The van der Waals surface area contributed by atoms with Gasteiger partial charge in [0.25, 0.3) is 5.91 Å². The number of rotatable bonds is 8. The summed E-state index contributed by atoms with van der Waals surface area (Å²) in [6.07, 6.45) is 3.22. The largest absolute Gasteiger partial charge is 0.492 e. The number of carbonyl (C=O) groups is 1. The van der Waals surface area contributed by atoms with Crippen LogP contribution in [-0.4, -0.2) is 47.8 Å². The highest BCUT2D eigenvalue weighted by molar-refractivity contribution is 6.30. The monoisotopic (exact) mass is 398 g/mol. The Kier molecular flexibility index (Phi) is 6.68. The second-order valence-electron chi connectivity index (χ2n) is 6.63. The normalized spacial score (nSPS) is 10.9. The number of hydrogen-bond donors (Lipinski definition) is 1. The highest BCUT2D eigenvalue weighted by atomic mass is 35.5. The van der Waals surface area contributed by atoms with E-state index in [4.69, 9.17) is 16.3 Å². The van der Waals surface area contributed by atoms with Gasteiger partial charge in [-0.25, -0.2) is 4.68 Å². The highest BCUT2D eigenvalue weighted by Crippen LogP contribution is 2.15. The molecule has 0 radical (unpaired) electrons. The summed E-state index contributed by atoms with van der Waals surface area (Å²) in [7, 11) is 4.02. The molecule has 7 heteroatoms. The van der Waals surface area contributed by atoms with Gasteiger partial charge in [-0.15, -0.1) is 0 Å². The van der Waals surface area contributed by atoms with E-state index in [1.807, 2.05) is 50.5 Å². The Labute approximate surface area is 169 Å². The van der Waals surface area contributed by atoms with E-state index in [9.17, 15) is 4.79 Å². The number of amides is 1. The zero-order chi connectivity index (χ0) is 19.9. The molecule has 0 aliphatic heterocycles. The molecule has 28 heavy (non-hydrogen) atoms. The maximum absolute atomic E-state index is 12.4.